The topological polar surface area (TPSA) is 15.3 Å². The summed E-state index contributed by atoms with van der Waals surface area (Å²) in [5, 5.41) is 3.65. The van der Waals surface area contributed by atoms with Crippen LogP contribution in [0.1, 0.15) is 39.2 Å². The molecule has 2 rings (SSSR count). The Hall–Kier alpha value is -0.380. The van der Waals surface area contributed by atoms with Crippen LogP contribution in [0, 0.1) is 0 Å². The fraction of sp³-hybridized carbons (Fsp3) is 0.625. The van der Waals surface area contributed by atoms with Gasteiger partial charge in [-0.15, -0.1) is 0 Å². The lowest BCUT2D eigenvalue weighted by atomic mass is 9.87. The summed E-state index contributed by atoms with van der Waals surface area (Å²) in [5.41, 5.74) is 1.73. The molecular formula is C16H25BrN2. The highest BCUT2D eigenvalue weighted by Crippen LogP contribution is 2.28. The number of hydrogen-bond donors (Lipinski definition) is 1. The van der Waals surface area contributed by atoms with E-state index in [2.05, 4.69) is 71.2 Å². The van der Waals surface area contributed by atoms with Crippen molar-refractivity contribution in [2.24, 2.45) is 0 Å². The average Bonchev–Trinajstić information content (AvgIpc) is 2.42. The van der Waals surface area contributed by atoms with E-state index in [0.717, 1.165) is 24.1 Å². The quantitative estimate of drug-likeness (QED) is 0.906. The van der Waals surface area contributed by atoms with Gasteiger partial charge in [0.25, 0.3) is 0 Å². The van der Waals surface area contributed by atoms with Crippen LogP contribution >= 0.6 is 15.9 Å². The molecule has 0 radical (unpaired) electrons. The summed E-state index contributed by atoms with van der Waals surface area (Å²) in [6.45, 7) is 10.2. The molecule has 1 aromatic rings. The Morgan fingerprint density at radius 1 is 1.26 bits per heavy atom. The number of halogens is 1. The Kier molecular flexibility index (Phi) is 5.04. The maximum absolute atomic E-state index is 3.65. The summed E-state index contributed by atoms with van der Waals surface area (Å²) < 4.78 is 1.15. The molecule has 0 amide bonds. The molecule has 0 spiro atoms. The minimum Gasteiger partial charge on any atom is -0.311 e. The number of nitrogens with one attached hydrogen (secondary N) is 1. The van der Waals surface area contributed by atoms with Gasteiger partial charge in [0, 0.05) is 35.7 Å². The molecule has 0 aromatic heterocycles. The second-order valence-corrected chi connectivity index (χ2v) is 6.64. The van der Waals surface area contributed by atoms with E-state index in [9.17, 15) is 0 Å². The first kappa shape index (κ1) is 15.0. The third kappa shape index (κ3) is 3.39. The largest absolute Gasteiger partial charge is 0.311 e. The lowest BCUT2D eigenvalue weighted by molar-refractivity contribution is 0.0278. The van der Waals surface area contributed by atoms with Crippen LogP contribution in [0.15, 0.2) is 28.7 Å². The van der Waals surface area contributed by atoms with Gasteiger partial charge in [-0.1, -0.05) is 41.9 Å². The highest BCUT2D eigenvalue weighted by molar-refractivity contribution is 9.10. The third-order valence-corrected chi connectivity index (χ3v) is 5.08. The van der Waals surface area contributed by atoms with Crippen molar-refractivity contribution in [3.63, 3.8) is 0 Å². The first-order valence-electron chi connectivity index (χ1n) is 7.32. The molecule has 1 aliphatic rings. The van der Waals surface area contributed by atoms with E-state index in [1.54, 1.807) is 0 Å². The lowest BCUT2D eigenvalue weighted by Gasteiger charge is -2.49. The van der Waals surface area contributed by atoms with Crippen molar-refractivity contribution in [1.29, 1.82) is 0 Å². The second-order valence-electron chi connectivity index (χ2n) is 5.72. The first-order valence-corrected chi connectivity index (χ1v) is 8.12. The van der Waals surface area contributed by atoms with Crippen molar-refractivity contribution in [3.8, 4) is 0 Å². The summed E-state index contributed by atoms with van der Waals surface area (Å²) in [4.78, 5) is 2.68. The number of rotatable bonds is 4. The molecule has 19 heavy (non-hydrogen) atoms. The Balaban J connectivity index is 2.16. The van der Waals surface area contributed by atoms with Gasteiger partial charge < -0.3 is 5.32 Å². The standard InChI is InChI=1S/C16H25BrN2/c1-4-16(5-2)12-18-13(3)10-19(16)11-14-6-8-15(17)9-7-14/h6-9,13,18H,4-5,10-12H2,1-3H3. The van der Waals surface area contributed by atoms with Crippen molar-refractivity contribution in [1.82, 2.24) is 10.2 Å². The van der Waals surface area contributed by atoms with E-state index in [1.807, 2.05) is 0 Å². The first-order chi connectivity index (χ1) is 9.09. The van der Waals surface area contributed by atoms with Gasteiger partial charge in [0.2, 0.25) is 0 Å². The van der Waals surface area contributed by atoms with Crippen LogP contribution in [0.4, 0.5) is 0 Å². The van der Waals surface area contributed by atoms with Crippen molar-refractivity contribution >= 4 is 15.9 Å². The van der Waals surface area contributed by atoms with Gasteiger partial charge in [-0.2, -0.15) is 0 Å². The number of benzene rings is 1. The van der Waals surface area contributed by atoms with E-state index >= 15 is 0 Å². The zero-order chi connectivity index (χ0) is 13.9. The van der Waals surface area contributed by atoms with Crippen molar-refractivity contribution < 1.29 is 0 Å². The minimum absolute atomic E-state index is 0.319. The maximum atomic E-state index is 3.65. The second kappa shape index (κ2) is 6.38. The zero-order valence-electron chi connectivity index (χ0n) is 12.2. The smallest absolute Gasteiger partial charge is 0.0333 e. The van der Waals surface area contributed by atoms with Gasteiger partial charge in [0.05, 0.1) is 0 Å². The van der Waals surface area contributed by atoms with E-state index in [-0.39, 0.29) is 0 Å². The third-order valence-electron chi connectivity index (χ3n) is 4.55. The molecule has 1 atom stereocenters. The summed E-state index contributed by atoms with van der Waals surface area (Å²) in [6, 6.07) is 9.32. The summed E-state index contributed by atoms with van der Waals surface area (Å²) in [6.07, 6.45) is 2.42. The molecule has 106 valence electrons. The molecule has 1 saturated heterocycles. The maximum Gasteiger partial charge on any atom is 0.0333 e. The van der Waals surface area contributed by atoms with E-state index < -0.39 is 0 Å². The SMILES string of the molecule is CCC1(CC)CNC(C)CN1Cc1ccc(Br)cc1. The van der Waals surface area contributed by atoms with Gasteiger partial charge in [-0.3, -0.25) is 4.90 Å². The molecule has 3 heteroatoms. The number of hydrogen-bond acceptors (Lipinski definition) is 2. The van der Waals surface area contributed by atoms with E-state index in [0.29, 0.717) is 11.6 Å². The normalized spacial score (nSPS) is 23.5. The molecule has 1 aliphatic heterocycles. The highest BCUT2D eigenvalue weighted by atomic mass is 79.9. The Bertz CT molecular complexity index is 398. The van der Waals surface area contributed by atoms with Crippen LogP contribution in [0.2, 0.25) is 0 Å². The monoisotopic (exact) mass is 324 g/mol. The van der Waals surface area contributed by atoms with Crippen LogP contribution in [0.5, 0.6) is 0 Å². The van der Waals surface area contributed by atoms with Gasteiger partial charge >= 0.3 is 0 Å². The molecule has 0 bridgehead atoms. The Morgan fingerprint density at radius 3 is 2.47 bits per heavy atom. The summed E-state index contributed by atoms with van der Waals surface area (Å²) >= 11 is 3.51. The predicted molar refractivity (Wildman–Crippen MR) is 85.3 cm³/mol. The Morgan fingerprint density at radius 2 is 1.89 bits per heavy atom. The molecule has 0 aliphatic carbocycles. The molecule has 1 fully saturated rings. The van der Waals surface area contributed by atoms with Crippen LogP contribution < -0.4 is 5.32 Å². The molecule has 1 aromatic carbocycles. The molecule has 1 heterocycles. The summed E-state index contributed by atoms with van der Waals surface area (Å²) in [7, 11) is 0. The lowest BCUT2D eigenvalue weighted by Crippen LogP contribution is -2.63. The molecule has 2 nitrogen and oxygen atoms in total. The van der Waals surface area contributed by atoms with E-state index in [1.165, 1.54) is 18.4 Å². The van der Waals surface area contributed by atoms with Crippen molar-refractivity contribution in [2.45, 2.75) is 51.7 Å². The minimum atomic E-state index is 0.319. The highest BCUT2D eigenvalue weighted by Gasteiger charge is 2.37. The molecular weight excluding hydrogens is 300 g/mol. The van der Waals surface area contributed by atoms with Gasteiger partial charge in [0.15, 0.2) is 0 Å². The van der Waals surface area contributed by atoms with Crippen LogP contribution in [0.25, 0.3) is 0 Å². The molecule has 1 N–H and O–H groups in total. The predicted octanol–water partition coefficient (Wildman–Crippen LogP) is 3.80. The number of piperazine rings is 1. The van der Waals surface area contributed by atoms with Crippen molar-refractivity contribution in [3.05, 3.63) is 34.3 Å². The molecule has 1 unspecified atom stereocenters. The average molecular weight is 325 g/mol. The number of nitrogens with zero attached hydrogens (tertiary/aromatic N) is 1. The van der Waals surface area contributed by atoms with Crippen LogP contribution in [-0.2, 0) is 6.54 Å². The van der Waals surface area contributed by atoms with Crippen molar-refractivity contribution in [2.75, 3.05) is 13.1 Å². The fourth-order valence-corrected chi connectivity index (χ4v) is 3.32. The van der Waals surface area contributed by atoms with Crippen LogP contribution in [-0.4, -0.2) is 29.6 Å². The molecule has 0 saturated carbocycles. The zero-order valence-corrected chi connectivity index (χ0v) is 13.8. The Labute approximate surface area is 125 Å². The van der Waals surface area contributed by atoms with E-state index in [4.69, 9.17) is 0 Å². The van der Waals surface area contributed by atoms with Gasteiger partial charge in [-0.25, -0.2) is 0 Å². The van der Waals surface area contributed by atoms with Crippen LogP contribution in [0.3, 0.4) is 0 Å². The van der Waals surface area contributed by atoms with Gasteiger partial charge in [-0.05, 0) is 37.5 Å². The van der Waals surface area contributed by atoms with Gasteiger partial charge in [0.1, 0.15) is 0 Å². The fourth-order valence-electron chi connectivity index (χ4n) is 3.05. The summed E-state index contributed by atoms with van der Waals surface area (Å²) in [5.74, 6) is 0.